The summed E-state index contributed by atoms with van der Waals surface area (Å²) in [6, 6.07) is 9.98. The first kappa shape index (κ1) is 18.8. The zero-order chi connectivity index (χ0) is 18.5. The van der Waals surface area contributed by atoms with E-state index in [4.69, 9.17) is 16.3 Å². The van der Waals surface area contributed by atoms with Gasteiger partial charge in [0.2, 0.25) is 0 Å². The van der Waals surface area contributed by atoms with Crippen LogP contribution in [-0.2, 0) is 7.05 Å². The maximum atomic E-state index is 12.6. The van der Waals surface area contributed by atoms with Crippen molar-refractivity contribution in [2.45, 2.75) is 25.3 Å². The Balaban J connectivity index is 1.74. The fourth-order valence-corrected chi connectivity index (χ4v) is 3.79. The lowest BCUT2D eigenvalue weighted by Gasteiger charge is -2.35. The lowest BCUT2D eigenvalue weighted by Crippen LogP contribution is -2.40. The predicted octanol–water partition coefficient (Wildman–Crippen LogP) is 3.64. The number of likely N-dealkylation sites (tertiary alicyclic amines) is 1. The molecule has 0 radical (unpaired) electrons. The zero-order valence-electron chi connectivity index (χ0n) is 15.4. The van der Waals surface area contributed by atoms with Gasteiger partial charge in [-0.3, -0.25) is 9.69 Å². The second-order valence-corrected chi connectivity index (χ2v) is 7.19. The van der Waals surface area contributed by atoms with E-state index >= 15 is 0 Å². The standard InChI is InChI=1S/C20H26ClN3O2/c1-23-14-16(21)12-18(23)20(25)22-13-19(24-10-4-3-5-11-24)15-6-8-17(26-2)9-7-15/h6-9,12,14,19H,3-5,10-11,13H2,1-2H3,(H,22,25). The van der Waals surface area contributed by atoms with Crippen LogP contribution in [0.1, 0.15) is 41.4 Å². The van der Waals surface area contributed by atoms with Crippen LogP contribution in [0.5, 0.6) is 5.75 Å². The molecule has 140 valence electrons. The molecule has 2 heterocycles. The van der Waals surface area contributed by atoms with Gasteiger partial charge in [-0.25, -0.2) is 0 Å². The molecule has 1 fully saturated rings. The van der Waals surface area contributed by atoms with Gasteiger partial charge >= 0.3 is 0 Å². The molecule has 2 aromatic rings. The number of ether oxygens (including phenoxy) is 1. The molecule has 1 aliphatic heterocycles. The number of nitrogens with one attached hydrogen (secondary N) is 1. The van der Waals surface area contributed by atoms with Crippen LogP contribution in [0.4, 0.5) is 0 Å². The Morgan fingerprint density at radius 2 is 1.92 bits per heavy atom. The summed E-state index contributed by atoms with van der Waals surface area (Å²) in [6.45, 7) is 2.68. The van der Waals surface area contributed by atoms with Gasteiger partial charge in [-0.2, -0.15) is 0 Å². The Labute approximate surface area is 159 Å². The number of rotatable bonds is 6. The molecular formula is C20H26ClN3O2. The van der Waals surface area contributed by atoms with Crippen molar-refractivity contribution in [3.63, 3.8) is 0 Å². The van der Waals surface area contributed by atoms with E-state index in [1.807, 2.05) is 19.2 Å². The van der Waals surface area contributed by atoms with Crippen molar-refractivity contribution in [1.29, 1.82) is 0 Å². The molecule has 6 heteroatoms. The van der Waals surface area contributed by atoms with Crippen LogP contribution in [0.3, 0.4) is 0 Å². The summed E-state index contributed by atoms with van der Waals surface area (Å²) in [5.74, 6) is 0.739. The normalized spacial score (nSPS) is 16.3. The first-order valence-electron chi connectivity index (χ1n) is 9.06. The van der Waals surface area contributed by atoms with Gasteiger partial charge in [-0.1, -0.05) is 30.2 Å². The van der Waals surface area contributed by atoms with Gasteiger partial charge in [-0.05, 0) is 49.7 Å². The van der Waals surface area contributed by atoms with Crippen LogP contribution in [0.15, 0.2) is 36.5 Å². The van der Waals surface area contributed by atoms with Crippen LogP contribution in [0.2, 0.25) is 5.02 Å². The molecule has 1 aliphatic rings. The number of hydrogen-bond donors (Lipinski definition) is 1. The molecule has 1 aromatic carbocycles. The SMILES string of the molecule is COc1ccc(C(CNC(=O)c2cc(Cl)cn2C)N2CCCCC2)cc1. The summed E-state index contributed by atoms with van der Waals surface area (Å²) in [7, 11) is 3.49. The molecule has 1 N–H and O–H groups in total. The van der Waals surface area contributed by atoms with E-state index in [0.717, 1.165) is 18.8 Å². The van der Waals surface area contributed by atoms with Crippen molar-refractivity contribution < 1.29 is 9.53 Å². The third kappa shape index (κ3) is 4.40. The van der Waals surface area contributed by atoms with Gasteiger partial charge in [0.15, 0.2) is 0 Å². The van der Waals surface area contributed by atoms with Crippen LogP contribution < -0.4 is 10.1 Å². The highest BCUT2D eigenvalue weighted by Crippen LogP contribution is 2.26. The monoisotopic (exact) mass is 375 g/mol. The van der Waals surface area contributed by atoms with E-state index in [1.54, 1.807) is 23.9 Å². The molecule has 3 rings (SSSR count). The van der Waals surface area contributed by atoms with Crippen molar-refractivity contribution in [2.24, 2.45) is 7.05 Å². The Kier molecular flexibility index (Phi) is 6.22. The first-order valence-corrected chi connectivity index (χ1v) is 9.44. The van der Waals surface area contributed by atoms with Crippen LogP contribution in [0, 0.1) is 0 Å². The summed E-state index contributed by atoms with van der Waals surface area (Å²) in [5.41, 5.74) is 1.76. The number of benzene rings is 1. The fraction of sp³-hybridized carbons (Fsp3) is 0.450. The molecule has 5 nitrogen and oxygen atoms in total. The largest absolute Gasteiger partial charge is 0.497 e. The van der Waals surface area contributed by atoms with E-state index in [-0.39, 0.29) is 11.9 Å². The second-order valence-electron chi connectivity index (χ2n) is 6.75. The summed E-state index contributed by atoms with van der Waals surface area (Å²) in [5, 5.41) is 3.66. The second kappa shape index (κ2) is 8.60. The van der Waals surface area contributed by atoms with Crippen molar-refractivity contribution in [3.05, 3.63) is 52.8 Å². The molecule has 0 saturated carbocycles. The Morgan fingerprint density at radius 3 is 2.50 bits per heavy atom. The quantitative estimate of drug-likeness (QED) is 0.838. The number of nitrogens with zero attached hydrogens (tertiary/aromatic N) is 2. The van der Waals surface area contributed by atoms with E-state index < -0.39 is 0 Å². The highest BCUT2D eigenvalue weighted by molar-refractivity contribution is 6.31. The molecule has 1 unspecified atom stereocenters. The molecule has 0 bridgehead atoms. The Hall–Kier alpha value is -1.98. The average Bonchev–Trinajstić information content (AvgIpc) is 3.01. The highest BCUT2D eigenvalue weighted by Gasteiger charge is 2.23. The van der Waals surface area contributed by atoms with E-state index in [0.29, 0.717) is 17.3 Å². The lowest BCUT2D eigenvalue weighted by atomic mass is 10.0. The number of aromatic nitrogens is 1. The summed E-state index contributed by atoms with van der Waals surface area (Å²) in [4.78, 5) is 15.0. The number of hydrogen-bond acceptors (Lipinski definition) is 3. The van der Waals surface area contributed by atoms with Crippen LogP contribution in [0.25, 0.3) is 0 Å². The number of halogens is 1. The average molecular weight is 376 g/mol. The predicted molar refractivity (Wildman–Crippen MR) is 104 cm³/mol. The molecule has 26 heavy (non-hydrogen) atoms. The number of piperidine rings is 1. The minimum absolute atomic E-state index is 0.102. The Morgan fingerprint density at radius 1 is 1.23 bits per heavy atom. The maximum Gasteiger partial charge on any atom is 0.268 e. The molecule has 0 aliphatic carbocycles. The number of aryl methyl sites for hydroxylation is 1. The summed E-state index contributed by atoms with van der Waals surface area (Å²) >= 11 is 6.00. The van der Waals surface area contributed by atoms with Gasteiger partial charge < -0.3 is 14.6 Å². The van der Waals surface area contributed by atoms with Crippen LogP contribution in [-0.4, -0.2) is 42.1 Å². The molecule has 1 atom stereocenters. The topological polar surface area (TPSA) is 46.5 Å². The summed E-state index contributed by atoms with van der Waals surface area (Å²) < 4.78 is 7.02. The molecule has 0 spiro atoms. The lowest BCUT2D eigenvalue weighted by molar-refractivity contribution is 0.0916. The van der Waals surface area contributed by atoms with Crippen molar-refractivity contribution >= 4 is 17.5 Å². The fourth-order valence-electron chi connectivity index (χ4n) is 3.54. The molecular weight excluding hydrogens is 350 g/mol. The van der Waals surface area contributed by atoms with Crippen molar-refractivity contribution in [3.8, 4) is 5.75 Å². The molecule has 1 amide bonds. The number of methoxy groups -OCH3 is 1. The first-order chi connectivity index (χ1) is 12.6. The van der Waals surface area contributed by atoms with Gasteiger partial charge in [0, 0.05) is 19.8 Å². The third-order valence-electron chi connectivity index (χ3n) is 4.99. The molecule has 1 aromatic heterocycles. The van der Waals surface area contributed by atoms with Gasteiger partial charge in [0.05, 0.1) is 18.2 Å². The zero-order valence-corrected chi connectivity index (χ0v) is 16.1. The minimum atomic E-state index is -0.102. The van der Waals surface area contributed by atoms with Gasteiger partial charge in [-0.15, -0.1) is 0 Å². The number of amides is 1. The van der Waals surface area contributed by atoms with Gasteiger partial charge in [0.25, 0.3) is 5.91 Å². The van der Waals surface area contributed by atoms with Crippen LogP contribution >= 0.6 is 11.6 Å². The van der Waals surface area contributed by atoms with E-state index in [2.05, 4.69) is 22.3 Å². The third-order valence-corrected chi connectivity index (χ3v) is 5.20. The summed E-state index contributed by atoms with van der Waals surface area (Å²) in [6.07, 6.45) is 5.42. The molecule has 1 saturated heterocycles. The van der Waals surface area contributed by atoms with E-state index in [9.17, 15) is 4.79 Å². The van der Waals surface area contributed by atoms with E-state index in [1.165, 1.54) is 24.8 Å². The minimum Gasteiger partial charge on any atom is -0.497 e. The van der Waals surface area contributed by atoms with Gasteiger partial charge in [0.1, 0.15) is 11.4 Å². The highest BCUT2D eigenvalue weighted by atomic mass is 35.5. The smallest absolute Gasteiger partial charge is 0.268 e. The van der Waals surface area contributed by atoms with Crippen molar-refractivity contribution in [1.82, 2.24) is 14.8 Å². The van der Waals surface area contributed by atoms with Crippen molar-refractivity contribution in [2.75, 3.05) is 26.7 Å². The Bertz CT molecular complexity index is 736. The number of carbonyl (C=O) groups is 1. The number of carbonyl (C=O) groups excluding carboxylic acids is 1. The maximum absolute atomic E-state index is 12.6.